The van der Waals surface area contributed by atoms with Gasteiger partial charge in [-0.3, -0.25) is 0 Å². The summed E-state index contributed by atoms with van der Waals surface area (Å²) >= 11 is 0. The first-order chi connectivity index (χ1) is 13.8. The summed E-state index contributed by atoms with van der Waals surface area (Å²) in [5.41, 5.74) is 2.56. The summed E-state index contributed by atoms with van der Waals surface area (Å²) in [7, 11) is 0. The minimum atomic E-state index is -2.82. The SMILES string of the molecule is O=C(NC1(C(=O)O)CC2C(C1)C2(F)F)OCC1c2ccccc2-c2ccccc21. The summed E-state index contributed by atoms with van der Waals surface area (Å²) in [5.74, 6) is -6.23. The maximum Gasteiger partial charge on any atom is 0.408 e. The number of nitrogens with one attached hydrogen (secondary N) is 1. The molecule has 0 aliphatic heterocycles. The Bertz CT molecular complexity index is 962. The van der Waals surface area contributed by atoms with Crippen LogP contribution in [-0.4, -0.2) is 35.2 Å². The lowest BCUT2D eigenvalue weighted by Gasteiger charge is -2.28. The van der Waals surface area contributed by atoms with Gasteiger partial charge in [-0.05, 0) is 35.1 Å². The van der Waals surface area contributed by atoms with E-state index in [0.717, 1.165) is 22.3 Å². The molecule has 0 radical (unpaired) electrons. The highest BCUT2D eigenvalue weighted by atomic mass is 19.3. The second-order valence-corrected chi connectivity index (χ2v) is 8.13. The Kier molecular flexibility index (Phi) is 3.75. The number of halogens is 2. The molecule has 0 spiro atoms. The lowest BCUT2D eigenvalue weighted by Crippen LogP contribution is -2.54. The zero-order chi connectivity index (χ0) is 20.4. The molecule has 3 aliphatic rings. The first-order valence-corrected chi connectivity index (χ1v) is 9.58. The van der Waals surface area contributed by atoms with Crippen LogP contribution in [0, 0.1) is 11.8 Å². The molecule has 5 rings (SSSR count). The molecule has 3 aliphatic carbocycles. The summed E-state index contributed by atoms with van der Waals surface area (Å²) in [5, 5.41) is 11.9. The second-order valence-electron chi connectivity index (χ2n) is 8.13. The number of carbonyl (C=O) groups excluding carboxylic acids is 1. The van der Waals surface area contributed by atoms with Crippen molar-refractivity contribution in [1.29, 1.82) is 0 Å². The Morgan fingerprint density at radius 3 is 2.03 bits per heavy atom. The second kappa shape index (κ2) is 6.02. The summed E-state index contributed by atoms with van der Waals surface area (Å²) in [6.45, 7) is 0.0403. The van der Waals surface area contributed by atoms with Crippen molar-refractivity contribution < 1.29 is 28.2 Å². The third-order valence-electron chi connectivity index (χ3n) is 6.60. The number of carbonyl (C=O) groups is 2. The zero-order valence-electron chi connectivity index (χ0n) is 15.4. The number of ether oxygens (including phenoxy) is 1. The number of hydrogen-bond donors (Lipinski definition) is 2. The van der Waals surface area contributed by atoms with Crippen molar-refractivity contribution in [3.8, 4) is 11.1 Å². The summed E-state index contributed by atoms with van der Waals surface area (Å²) < 4.78 is 32.3. The number of hydrogen-bond acceptors (Lipinski definition) is 3. The van der Waals surface area contributed by atoms with E-state index < -0.39 is 35.4 Å². The van der Waals surface area contributed by atoms with Gasteiger partial charge in [0.1, 0.15) is 12.1 Å². The molecular formula is C22H19F2NO4. The van der Waals surface area contributed by atoms with Crippen LogP contribution in [-0.2, 0) is 9.53 Å². The minimum absolute atomic E-state index is 0.0403. The number of rotatable bonds is 4. The van der Waals surface area contributed by atoms with Gasteiger partial charge in [-0.15, -0.1) is 0 Å². The molecule has 2 saturated carbocycles. The predicted molar refractivity (Wildman–Crippen MR) is 99.7 cm³/mol. The number of alkyl halides is 2. The maximum atomic E-state index is 13.5. The van der Waals surface area contributed by atoms with Gasteiger partial charge in [-0.2, -0.15) is 0 Å². The predicted octanol–water partition coefficient (Wildman–Crippen LogP) is 4.02. The van der Waals surface area contributed by atoms with Crippen molar-refractivity contribution in [2.45, 2.75) is 30.2 Å². The van der Waals surface area contributed by atoms with Gasteiger partial charge in [0.15, 0.2) is 0 Å². The molecule has 7 heteroatoms. The van der Waals surface area contributed by atoms with Crippen molar-refractivity contribution in [1.82, 2.24) is 5.32 Å². The topological polar surface area (TPSA) is 75.6 Å². The van der Waals surface area contributed by atoms with Gasteiger partial charge in [-0.25, -0.2) is 18.4 Å². The number of carboxylic acid groups (broad SMARTS) is 1. The highest BCUT2D eigenvalue weighted by molar-refractivity contribution is 5.85. The molecular weight excluding hydrogens is 380 g/mol. The highest BCUT2D eigenvalue weighted by Gasteiger charge is 2.76. The average Bonchev–Trinajstić information content (AvgIpc) is 3.06. The molecule has 2 N–H and O–H groups in total. The molecule has 1 amide bonds. The Balaban J connectivity index is 1.30. The number of alkyl carbamates (subject to hydrolysis) is 1. The van der Waals surface area contributed by atoms with Crippen LogP contribution >= 0.6 is 0 Å². The fraction of sp³-hybridized carbons (Fsp3) is 0.364. The molecule has 5 nitrogen and oxygen atoms in total. The molecule has 2 aromatic carbocycles. The number of carboxylic acids is 1. The van der Waals surface area contributed by atoms with E-state index in [9.17, 15) is 23.5 Å². The van der Waals surface area contributed by atoms with Crippen LogP contribution in [0.15, 0.2) is 48.5 Å². The average molecular weight is 399 g/mol. The molecule has 2 atom stereocenters. The van der Waals surface area contributed by atoms with Gasteiger partial charge in [0, 0.05) is 17.8 Å². The lowest BCUT2D eigenvalue weighted by molar-refractivity contribution is -0.145. The Morgan fingerprint density at radius 1 is 1.00 bits per heavy atom. The van der Waals surface area contributed by atoms with Gasteiger partial charge in [0.2, 0.25) is 0 Å². The number of amides is 1. The first kappa shape index (κ1) is 18.1. The molecule has 0 heterocycles. The molecule has 0 aromatic heterocycles. The molecule has 150 valence electrons. The maximum absolute atomic E-state index is 13.5. The molecule has 2 fully saturated rings. The zero-order valence-corrected chi connectivity index (χ0v) is 15.4. The quantitative estimate of drug-likeness (QED) is 0.814. The molecule has 0 saturated heterocycles. The molecule has 2 unspecified atom stereocenters. The standard InChI is InChI=1S/C22H19F2NO4/c23-22(24)17-9-21(19(26)27,10-18(17)22)25-20(28)29-11-16-14-7-3-1-5-12(14)13-6-2-4-8-15(13)16/h1-8,16-18H,9-11H2,(H,25,28)(H,26,27). The molecule has 29 heavy (non-hydrogen) atoms. The van der Waals surface area contributed by atoms with Gasteiger partial charge in [0.25, 0.3) is 5.92 Å². The number of aliphatic carboxylic acids is 1. The van der Waals surface area contributed by atoms with E-state index in [4.69, 9.17) is 4.74 Å². The van der Waals surface area contributed by atoms with E-state index in [-0.39, 0.29) is 25.4 Å². The first-order valence-electron chi connectivity index (χ1n) is 9.58. The van der Waals surface area contributed by atoms with Crippen LogP contribution in [0.3, 0.4) is 0 Å². The van der Waals surface area contributed by atoms with Crippen molar-refractivity contribution in [3.05, 3.63) is 59.7 Å². The van der Waals surface area contributed by atoms with Crippen LogP contribution in [0.4, 0.5) is 13.6 Å². The molecule has 2 aromatic rings. The van der Waals surface area contributed by atoms with E-state index in [0.29, 0.717) is 0 Å². The molecule has 0 bridgehead atoms. The van der Waals surface area contributed by atoms with Gasteiger partial charge in [0.05, 0.1) is 0 Å². The highest BCUT2D eigenvalue weighted by Crippen LogP contribution is 2.66. The normalized spacial score (nSPS) is 28.2. The number of fused-ring (bicyclic) bond motifs is 4. The van der Waals surface area contributed by atoms with Crippen molar-refractivity contribution in [2.75, 3.05) is 6.61 Å². The third-order valence-corrected chi connectivity index (χ3v) is 6.60. The van der Waals surface area contributed by atoms with Gasteiger partial charge < -0.3 is 15.2 Å². The van der Waals surface area contributed by atoms with Crippen molar-refractivity contribution in [3.63, 3.8) is 0 Å². The van der Waals surface area contributed by atoms with Crippen molar-refractivity contribution in [2.24, 2.45) is 11.8 Å². The summed E-state index contributed by atoms with van der Waals surface area (Å²) in [6, 6.07) is 15.7. The van der Waals surface area contributed by atoms with Crippen molar-refractivity contribution >= 4 is 12.1 Å². The monoisotopic (exact) mass is 399 g/mol. The lowest BCUT2D eigenvalue weighted by atomic mass is 9.93. The van der Waals surface area contributed by atoms with Crippen LogP contribution in [0.2, 0.25) is 0 Å². The van der Waals surface area contributed by atoms with Crippen LogP contribution in [0.5, 0.6) is 0 Å². The Labute approximate surface area is 165 Å². The number of benzene rings is 2. The largest absolute Gasteiger partial charge is 0.480 e. The van der Waals surface area contributed by atoms with Crippen LogP contribution in [0.25, 0.3) is 11.1 Å². The van der Waals surface area contributed by atoms with E-state index in [2.05, 4.69) is 5.32 Å². The van der Waals surface area contributed by atoms with E-state index in [1.54, 1.807) is 0 Å². The summed E-state index contributed by atoms with van der Waals surface area (Å²) in [6.07, 6.45) is -1.44. The van der Waals surface area contributed by atoms with E-state index >= 15 is 0 Å². The smallest absolute Gasteiger partial charge is 0.408 e. The summed E-state index contributed by atoms with van der Waals surface area (Å²) in [4.78, 5) is 24.1. The van der Waals surface area contributed by atoms with Crippen LogP contribution < -0.4 is 5.32 Å². The third kappa shape index (κ3) is 2.63. The Morgan fingerprint density at radius 2 is 1.52 bits per heavy atom. The van der Waals surface area contributed by atoms with Crippen LogP contribution in [0.1, 0.15) is 29.9 Å². The fourth-order valence-electron chi connectivity index (χ4n) is 5.01. The van der Waals surface area contributed by atoms with E-state index in [1.807, 2.05) is 48.5 Å². The fourth-order valence-corrected chi connectivity index (χ4v) is 5.01. The van der Waals surface area contributed by atoms with Gasteiger partial charge in [-0.1, -0.05) is 48.5 Å². The Hall–Kier alpha value is -2.96. The van der Waals surface area contributed by atoms with Gasteiger partial charge >= 0.3 is 12.1 Å². The minimum Gasteiger partial charge on any atom is -0.480 e. The van der Waals surface area contributed by atoms with E-state index in [1.165, 1.54) is 0 Å².